The number of guanidine groups is 1. The van der Waals surface area contributed by atoms with Crippen LogP contribution in [0.15, 0.2) is 70.7 Å². The zero-order chi connectivity index (χ0) is 27.4. The van der Waals surface area contributed by atoms with Crippen LogP contribution in [0.4, 0.5) is 24.5 Å². The Bertz CT molecular complexity index is 1090. The van der Waals surface area contributed by atoms with Crippen molar-refractivity contribution in [2.24, 2.45) is 21.5 Å². The molecule has 10 heteroatoms. The summed E-state index contributed by atoms with van der Waals surface area (Å²) < 4.78 is 40.3. The van der Waals surface area contributed by atoms with Gasteiger partial charge in [-0.3, -0.25) is 4.79 Å². The van der Waals surface area contributed by atoms with Crippen LogP contribution < -0.4 is 16.4 Å². The van der Waals surface area contributed by atoms with Crippen LogP contribution in [0.3, 0.4) is 0 Å². The van der Waals surface area contributed by atoms with E-state index in [1.54, 1.807) is 12.1 Å². The van der Waals surface area contributed by atoms with Crippen molar-refractivity contribution in [1.82, 2.24) is 4.90 Å². The Morgan fingerprint density at radius 1 is 1.05 bits per heavy atom. The quantitative estimate of drug-likeness (QED) is 0.327. The molecule has 1 saturated heterocycles. The first kappa shape index (κ1) is 29.6. The van der Waals surface area contributed by atoms with Crippen molar-refractivity contribution in [1.29, 1.82) is 0 Å². The lowest BCUT2D eigenvalue weighted by Crippen LogP contribution is -2.44. The molecule has 0 bridgehead atoms. The zero-order valence-corrected chi connectivity index (χ0v) is 21.3. The molecule has 37 heavy (non-hydrogen) atoms. The van der Waals surface area contributed by atoms with E-state index in [2.05, 4.69) is 39.1 Å². The fourth-order valence-corrected chi connectivity index (χ4v) is 3.94. The predicted molar refractivity (Wildman–Crippen MR) is 144 cm³/mol. The average Bonchev–Trinajstić information content (AvgIpc) is 2.87. The van der Waals surface area contributed by atoms with Gasteiger partial charge < -0.3 is 21.3 Å². The highest BCUT2D eigenvalue weighted by atomic mass is 19.4. The Labute approximate surface area is 216 Å². The number of hydrogen-bond acceptors (Lipinski definition) is 4. The van der Waals surface area contributed by atoms with Crippen LogP contribution in [0.2, 0.25) is 0 Å². The molecule has 1 aliphatic heterocycles. The summed E-state index contributed by atoms with van der Waals surface area (Å²) in [5.74, 6) is -0.225. The maximum absolute atomic E-state index is 13.4. The number of anilines is 1. The molecule has 1 amide bonds. The second-order valence-electron chi connectivity index (χ2n) is 8.57. The summed E-state index contributed by atoms with van der Waals surface area (Å²) in [5, 5.41) is 0. The Balaban J connectivity index is 0.00000153. The van der Waals surface area contributed by atoms with E-state index >= 15 is 0 Å². The molecular weight excluding hydrogens is 481 g/mol. The third-order valence-corrected chi connectivity index (χ3v) is 6.03. The van der Waals surface area contributed by atoms with Crippen molar-refractivity contribution >= 4 is 29.5 Å². The molecule has 1 aliphatic rings. The van der Waals surface area contributed by atoms with Crippen LogP contribution in [0.5, 0.6) is 0 Å². The molecule has 2 aromatic rings. The average molecular weight is 517 g/mol. The highest BCUT2D eigenvalue weighted by molar-refractivity contribution is 6.07. The van der Waals surface area contributed by atoms with E-state index in [-0.39, 0.29) is 24.5 Å². The fraction of sp³-hybridized carbons (Fsp3) is 0.370. The molecular formula is C27H35F3N6O. The lowest BCUT2D eigenvalue weighted by Gasteiger charge is -2.34. The van der Waals surface area contributed by atoms with Gasteiger partial charge in [0.2, 0.25) is 12.4 Å². The van der Waals surface area contributed by atoms with Crippen molar-refractivity contribution in [3.63, 3.8) is 0 Å². The fourth-order valence-electron chi connectivity index (χ4n) is 3.94. The Hall–Kier alpha value is -3.66. The van der Waals surface area contributed by atoms with Crippen LogP contribution in [0.1, 0.15) is 24.5 Å². The number of primary amides is 1. The molecule has 0 radical (unpaired) electrons. The number of aryl methyl sites for hydroxylation is 2. The smallest absolute Gasteiger partial charge is 0.372 e. The van der Waals surface area contributed by atoms with Gasteiger partial charge in [0.05, 0.1) is 17.0 Å². The van der Waals surface area contributed by atoms with Gasteiger partial charge in [-0.05, 0) is 61.7 Å². The van der Waals surface area contributed by atoms with E-state index in [0.717, 1.165) is 49.4 Å². The molecule has 0 spiro atoms. The normalized spacial score (nSPS) is 15.1. The van der Waals surface area contributed by atoms with Gasteiger partial charge >= 0.3 is 6.18 Å². The van der Waals surface area contributed by atoms with Gasteiger partial charge in [-0.1, -0.05) is 37.8 Å². The Morgan fingerprint density at radius 3 is 2.16 bits per heavy atom. The summed E-state index contributed by atoms with van der Waals surface area (Å²) in [6, 6.07) is 15.2. The van der Waals surface area contributed by atoms with Crippen molar-refractivity contribution in [2.45, 2.75) is 32.4 Å². The first-order valence-electron chi connectivity index (χ1n) is 12.0. The predicted octanol–water partition coefficient (Wildman–Crippen LogP) is 4.24. The minimum absolute atomic E-state index is 0.0634. The minimum atomic E-state index is -4.59. The van der Waals surface area contributed by atoms with Crippen molar-refractivity contribution < 1.29 is 18.0 Å². The number of halogens is 3. The molecule has 0 saturated carbocycles. The highest BCUT2D eigenvalue weighted by Gasteiger charge is 2.35. The van der Waals surface area contributed by atoms with Gasteiger partial charge in [-0.2, -0.15) is 13.2 Å². The van der Waals surface area contributed by atoms with Crippen LogP contribution in [-0.2, 0) is 17.6 Å². The molecule has 0 aromatic heterocycles. The standard InChI is InChI=1S/C26H32F3N5.CH3NO/c1-4-20-7-5-6-8-21(20)9-14-24(19(2)26(27,28)29)32-25(30)31-22-10-12-23(13-11-22)34-17-15-33(3)16-18-34;2-1-3/h5-8,10-13H,2,4,9,14-18H2,1,3H3,(H2,30,31);1H,(H2,2,3)/b32-24-;. The van der Waals surface area contributed by atoms with Gasteiger partial charge in [-0.15, -0.1) is 0 Å². The number of aliphatic imine (C=N–C) groups is 2. The summed E-state index contributed by atoms with van der Waals surface area (Å²) >= 11 is 0. The lowest BCUT2D eigenvalue weighted by atomic mass is 9.97. The van der Waals surface area contributed by atoms with Gasteiger partial charge in [0, 0.05) is 31.9 Å². The van der Waals surface area contributed by atoms with Crippen molar-refractivity contribution in [2.75, 3.05) is 38.1 Å². The molecule has 7 nitrogen and oxygen atoms in total. The van der Waals surface area contributed by atoms with Gasteiger partial charge in [0.1, 0.15) is 0 Å². The summed E-state index contributed by atoms with van der Waals surface area (Å²) in [6.45, 7) is 9.12. The highest BCUT2D eigenvalue weighted by Crippen LogP contribution is 2.27. The number of hydrogen-bond donors (Lipinski definition) is 2. The van der Waals surface area contributed by atoms with Crippen LogP contribution in [-0.4, -0.2) is 62.4 Å². The van der Waals surface area contributed by atoms with Crippen molar-refractivity contribution in [3.05, 3.63) is 71.8 Å². The zero-order valence-electron chi connectivity index (χ0n) is 21.3. The molecule has 1 fully saturated rings. The first-order chi connectivity index (χ1) is 17.6. The number of carbonyl (C=O) groups is 1. The monoisotopic (exact) mass is 516 g/mol. The number of benzene rings is 2. The van der Waals surface area contributed by atoms with Crippen LogP contribution in [0.25, 0.3) is 0 Å². The maximum atomic E-state index is 13.4. The number of alkyl halides is 3. The largest absolute Gasteiger partial charge is 0.417 e. The molecule has 3 rings (SSSR count). The van der Waals surface area contributed by atoms with E-state index in [0.29, 0.717) is 12.1 Å². The Morgan fingerprint density at radius 2 is 1.62 bits per heavy atom. The van der Waals surface area contributed by atoms with Crippen LogP contribution in [0, 0.1) is 0 Å². The van der Waals surface area contributed by atoms with E-state index in [4.69, 9.17) is 10.5 Å². The SMILES string of the molecule is C=C(/C(CCc1ccccc1CC)=N\C(N)=Nc1ccc(N2CCN(C)CC2)cc1)C(F)(F)F.NC=O. The number of piperazine rings is 1. The number of nitrogens with two attached hydrogens (primary N) is 2. The number of rotatable bonds is 7. The molecule has 0 aliphatic carbocycles. The number of carbonyl (C=O) groups excluding carboxylic acids is 1. The van der Waals surface area contributed by atoms with E-state index in [1.807, 2.05) is 43.3 Å². The van der Waals surface area contributed by atoms with E-state index in [1.165, 1.54) is 0 Å². The number of nitrogens with zero attached hydrogens (tertiary/aromatic N) is 4. The van der Waals surface area contributed by atoms with Gasteiger partial charge in [0.15, 0.2) is 0 Å². The molecule has 4 N–H and O–H groups in total. The molecule has 0 atom stereocenters. The topological polar surface area (TPSA) is 100 Å². The first-order valence-corrected chi connectivity index (χ1v) is 12.0. The minimum Gasteiger partial charge on any atom is -0.372 e. The third-order valence-electron chi connectivity index (χ3n) is 6.03. The molecule has 1 heterocycles. The molecule has 2 aromatic carbocycles. The lowest BCUT2D eigenvalue weighted by molar-refractivity contribution is -0.106. The van der Waals surface area contributed by atoms with Gasteiger partial charge in [-0.25, -0.2) is 9.98 Å². The second-order valence-corrected chi connectivity index (χ2v) is 8.57. The number of amides is 1. The summed E-state index contributed by atoms with van der Waals surface area (Å²) in [7, 11) is 2.10. The summed E-state index contributed by atoms with van der Waals surface area (Å²) in [6.07, 6.45) is -3.07. The second kappa shape index (κ2) is 14.2. The molecule has 200 valence electrons. The van der Waals surface area contributed by atoms with E-state index < -0.39 is 11.7 Å². The summed E-state index contributed by atoms with van der Waals surface area (Å²) in [5.41, 5.74) is 12.6. The molecule has 0 unspecified atom stereocenters. The van der Waals surface area contributed by atoms with Crippen molar-refractivity contribution in [3.8, 4) is 0 Å². The maximum Gasteiger partial charge on any atom is 0.417 e. The number of allylic oxidation sites excluding steroid dienone is 1. The van der Waals surface area contributed by atoms with Gasteiger partial charge in [0.25, 0.3) is 0 Å². The third kappa shape index (κ3) is 9.38. The Kier molecular flexibility index (Phi) is 11.3. The summed E-state index contributed by atoms with van der Waals surface area (Å²) in [4.78, 5) is 21.4. The van der Waals surface area contributed by atoms with E-state index in [9.17, 15) is 13.2 Å². The van der Waals surface area contributed by atoms with Crippen LogP contribution >= 0.6 is 0 Å². The number of likely N-dealkylation sites (N-methyl/N-ethyl adjacent to an activating group) is 1.